The summed E-state index contributed by atoms with van der Waals surface area (Å²) in [6.45, 7) is 10.2. The zero-order chi connectivity index (χ0) is 15.9. The third-order valence-electron chi connectivity index (χ3n) is 4.12. The van der Waals surface area contributed by atoms with E-state index in [1.165, 1.54) is 6.42 Å². The lowest BCUT2D eigenvalue weighted by Gasteiger charge is -2.31. The van der Waals surface area contributed by atoms with Gasteiger partial charge in [-0.2, -0.15) is 0 Å². The normalized spacial score (nSPS) is 24.6. The molecule has 1 atom stereocenters. The highest BCUT2D eigenvalue weighted by molar-refractivity contribution is 5.70. The van der Waals surface area contributed by atoms with Gasteiger partial charge in [0.1, 0.15) is 5.60 Å². The fourth-order valence-electron chi connectivity index (χ4n) is 3.05. The van der Waals surface area contributed by atoms with E-state index in [0.717, 1.165) is 38.5 Å². The van der Waals surface area contributed by atoms with E-state index < -0.39 is 0 Å². The first-order chi connectivity index (χ1) is 9.84. The second kappa shape index (κ2) is 8.77. The van der Waals surface area contributed by atoms with Crippen LogP contribution in [-0.4, -0.2) is 23.8 Å². The molecular weight excluding hydrogens is 264 g/mol. The standard InChI is InChI=1S/C18H34O3/c1-6-8-15(7-2)20-16-11-9-14(10-12-16)13-17(19)21-18(3,4)5/h14-16H,6-13H2,1-5H3. The maximum Gasteiger partial charge on any atom is 0.306 e. The van der Waals surface area contributed by atoms with E-state index >= 15 is 0 Å². The third kappa shape index (κ3) is 7.85. The van der Waals surface area contributed by atoms with Crippen molar-refractivity contribution in [3.05, 3.63) is 0 Å². The van der Waals surface area contributed by atoms with Gasteiger partial charge in [0.25, 0.3) is 0 Å². The molecule has 0 aromatic carbocycles. The van der Waals surface area contributed by atoms with Gasteiger partial charge in [0.2, 0.25) is 0 Å². The van der Waals surface area contributed by atoms with Crippen molar-refractivity contribution in [1.82, 2.24) is 0 Å². The van der Waals surface area contributed by atoms with Gasteiger partial charge in [-0.05, 0) is 65.2 Å². The molecule has 0 spiro atoms. The number of esters is 1. The molecule has 0 bridgehead atoms. The molecule has 1 fully saturated rings. The van der Waals surface area contributed by atoms with Gasteiger partial charge in [0.05, 0.1) is 12.2 Å². The largest absolute Gasteiger partial charge is 0.460 e. The van der Waals surface area contributed by atoms with Crippen molar-refractivity contribution in [1.29, 1.82) is 0 Å². The molecule has 3 heteroatoms. The van der Waals surface area contributed by atoms with E-state index in [-0.39, 0.29) is 11.6 Å². The highest BCUT2D eigenvalue weighted by Gasteiger charge is 2.26. The zero-order valence-electron chi connectivity index (χ0n) is 14.6. The molecule has 0 N–H and O–H groups in total. The van der Waals surface area contributed by atoms with Crippen LogP contribution in [0.2, 0.25) is 0 Å². The van der Waals surface area contributed by atoms with E-state index in [0.29, 0.717) is 24.5 Å². The first-order valence-corrected chi connectivity index (χ1v) is 8.71. The van der Waals surface area contributed by atoms with Crippen LogP contribution in [0.15, 0.2) is 0 Å². The number of carbonyl (C=O) groups excluding carboxylic acids is 1. The van der Waals surface area contributed by atoms with Crippen LogP contribution in [0, 0.1) is 5.92 Å². The summed E-state index contributed by atoms with van der Waals surface area (Å²) in [5.74, 6) is 0.426. The lowest BCUT2D eigenvalue weighted by Crippen LogP contribution is -2.29. The molecule has 0 aliphatic heterocycles. The molecule has 21 heavy (non-hydrogen) atoms. The van der Waals surface area contributed by atoms with Gasteiger partial charge in [-0.15, -0.1) is 0 Å². The molecule has 1 saturated carbocycles. The van der Waals surface area contributed by atoms with Crippen molar-refractivity contribution >= 4 is 5.97 Å². The molecule has 1 rings (SSSR count). The predicted octanol–water partition coefficient (Wildman–Crippen LogP) is 4.87. The maximum atomic E-state index is 11.9. The molecule has 1 aliphatic carbocycles. The zero-order valence-corrected chi connectivity index (χ0v) is 14.6. The Morgan fingerprint density at radius 3 is 2.24 bits per heavy atom. The van der Waals surface area contributed by atoms with Crippen molar-refractivity contribution in [3.63, 3.8) is 0 Å². The van der Waals surface area contributed by atoms with Crippen molar-refractivity contribution in [2.45, 2.75) is 104 Å². The lowest BCUT2D eigenvalue weighted by molar-refractivity contribution is -0.156. The van der Waals surface area contributed by atoms with Crippen molar-refractivity contribution < 1.29 is 14.3 Å². The minimum Gasteiger partial charge on any atom is -0.460 e. The van der Waals surface area contributed by atoms with E-state index in [2.05, 4.69) is 13.8 Å². The summed E-state index contributed by atoms with van der Waals surface area (Å²) in [5.41, 5.74) is -0.369. The minimum absolute atomic E-state index is 0.0516. The van der Waals surface area contributed by atoms with E-state index in [9.17, 15) is 4.79 Å². The highest BCUT2D eigenvalue weighted by Crippen LogP contribution is 2.30. The second-order valence-electron chi connectivity index (χ2n) is 7.39. The molecule has 0 amide bonds. The molecule has 1 unspecified atom stereocenters. The Kier molecular flexibility index (Phi) is 7.72. The molecule has 0 saturated heterocycles. The van der Waals surface area contributed by atoms with Crippen LogP contribution in [0.5, 0.6) is 0 Å². The number of rotatable bonds is 7. The summed E-state index contributed by atoms with van der Waals surface area (Å²) in [4.78, 5) is 11.9. The van der Waals surface area contributed by atoms with Crippen LogP contribution in [0.25, 0.3) is 0 Å². The molecule has 124 valence electrons. The molecular formula is C18H34O3. The van der Waals surface area contributed by atoms with Gasteiger partial charge in [-0.3, -0.25) is 4.79 Å². The first kappa shape index (κ1) is 18.5. The molecule has 1 aliphatic rings. The summed E-state index contributed by atoms with van der Waals surface area (Å²) < 4.78 is 11.6. The SMILES string of the molecule is CCCC(CC)OC1CCC(CC(=O)OC(C)(C)C)CC1. The van der Waals surface area contributed by atoms with Gasteiger partial charge < -0.3 is 9.47 Å². The summed E-state index contributed by atoms with van der Waals surface area (Å²) in [7, 11) is 0. The van der Waals surface area contributed by atoms with Gasteiger partial charge in [-0.25, -0.2) is 0 Å². The van der Waals surface area contributed by atoms with Gasteiger partial charge >= 0.3 is 5.97 Å². The Balaban J connectivity index is 2.27. The minimum atomic E-state index is -0.369. The Bertz CT molecular complexity index is 298. The Hall–Kier alpha value is -0.570. The van der Waals surface area contributed by atoms with Gasteiger partial charge in [0.15, 0.2) is 0 Å². The lowest BCUT2D eigenvalue weighted by atomic mass is 9.85. The fourth-order valence-corrected chi connectivity index (χ4v) is 3.05. The number of ether oxygens (including phenoxy) is 2. The van der Waals surface area contributed by atoms with Crippen LogP contribution in [0.3, 0.4) is 0 Å². The third-order valence-corrected chi connectivity index (χ3v) is 4.12. The van der Waals surface area contributed by atoms with Gasteiger partial charge in [0, 0.05) is 6.42 Å². The summed E-state index contributed by atoms with van der Waals surface area (Å²) in [5, 5.41) is 0. The highest BCUT2D eigenvalue weighted by atomic mass is 16.6. The van der Waals surface area contributed by atoms with Crippen LogP contribution in [0.1, 0.15) is 86.0 Å². The fraction of sp³-hybridized carbons (Fsp3) is 0.944. The monoisotopic (exact) mass is 298 g/mol. The smallest absolute Gasteiger partial charge is 0.306 e. The molecule has 3 nitrogen and oxygen atoms in total. The van der Waals surface area contributed by atoms with Crippen LogP contribution >= 0.6 is 0 Å². The van der Waals surface area contributed by atoms with E-state index in [1.54, 1.807) is 0 Å². The van der Waals surface area contributed by atoms with Crippen molar-refractivity contribution in [3.8, 4) is 0 Å². The molecule has 0 heterocycles. The number of hydrogen-bond acceptors (Lipinski definition) is 3. The first-order valence-electron chi connectivity index (χ1n) is 8.71. The van der Waals surface area contributed by atoms with E-state index in [4.69, 9.17) is 9.47 Å². The topological polar surface area (TPSA) is 35.5 Å². The van der Waals surface area contributed by atoms with Crippen molar-refractivity contribution in [2.24, 2.45) is 5.92 Å². The van der Waals surface area contributed by atoms with Crippen LogP contribution in [0.4, 0.5) is 0 Å². The second-order valence-corrected chi connectivity index (χ2v) is 7.39. The Morgan fingerprint density at radius 1 is 1.14 bits per heavy atom. The van der Waals surface area contributed by atoms with Crippen LogP contribution < -0.4 is 0 Å². The average molecular weight is 298 g/mol. The average Bonchev–Trinajstić information content (AvgIpc) is 2.38. The maximum absolute atomic E-state index is 11.9. The number of carbonyl (C=O) groups is 1. The Labute approximate surface area is 130 Å². The van der Waals surface area contributed by atoms with Crippen LogP contribution in [-0.2, 0) is 14.3 Å². The molecule has 0 aromatic heterocycles. The van der Waals surface area contributed by atoms with E-state index in [1.807, 2.05) is 20.8 Å². The Morgan fingerprint density at radius 2 is 1.76 bits per heavy atom. The predicted molar refractivity (Wildman–Crippen MR) is 86.3 cm³/mol. The quantitative estimate of drug-likeness (QED) is 0.629. The summed E-state index contributed by atoms with van der Waals surface area (Å²) >= 11 is 0. The number of hydrogen-bond donors (Lipinski definition) is 0. The molecule has 0 aromatic rings. The van der Waals surface area contributed by atoms with Gasteiger partial charge in [-0.1, -0.05) is 20.3 Å². The van der Waals surface area contributed by atoms with Crippen molar-refractivity contribution in [2.75, 3.05) is 0 Å². The molecule has 0 radical (unpaired) electrons. The summed E-state index contributed by atoms with van der Waals surface area (Å²) in [6.07, 6.45) is 9.20. The summed E-state index contributed by atoms with van der Waals surface area (Å²) in [6, 6.07) is 0.